The molecule has 2 fully saturated rings. The summed E-state index contributed by atoms with van der Waals surface area (Å²) in [5, 5.41) is 11.9. The molecule has 0 unspecified atom stereocenters. The molecule has 0 aromatic heterocycles. The number of carbonyl (C=O) groups is 1. The quantitative estimate of drug-likeness (QED) is 0.701. The number of nitrogens with one attached hydrogen (secondary N) is 1. The molecule has 0 aromatic carbocycles. The molecule has 2 rings (SSSR count). The van der Waals surface area contributed by atoms with Crippen LogP contribution in [0.15, 0.2) is 0 Å². The number of amides is 2. The third kappa shape index (κ3) is 3.33. The van der Waals surface area contributed by atoms with Gasteiger partial charge in [-0.05, 0) is 12.8 Å². The molecular weight excluding hydrogens is 218 g/mol. The van der Waals surface area contributed by atoms with Gasteiger partial charge in [0, 0.05) is 38.8 Å². The first-order valence-corrected chi connectivity index (χ1v) is 6.69. The number of carbonyl (C=O) groups excluding carboxylic acids is 1. The molecule has 0 aromatic rings. The van der Waals surface area contributed by atoms with Crippen LogP contribution in [0.4, 0.5) is 4.79 Å². The Morgan fingerprint density at radius 1 is 1.35 bits per heavy atom. The van der Waals surface area contributed by atoms with Crippen LogP contribution in [-0.2, 0) is 0 Å². The predicted molar refractivity (Wildman–Crippen MR) is 65.9 cm³/mol. The summed E-state index contributed by atoms with van der Waals surface area (Å²) in [4.78, 5) is 15.6. The first-order valence-electron chi connectivity index (χ1n) is 6.69. The second-order valence-electron chi connectivity index (χ2n) is 4.92. The fourth-order valence-electron chi connectivity index (χ4n) is 2.85. The third-order valence-electron chi connectivity index (χ3n) is 3.83. The molecule has 1 aliphatic carbocycles. The van der Waals surface area contributed by atoms with Gasteiger partial charge >= 0.3 is 6.03 Å². The van der Waals surface area contributed by atoms with Gasteiger partial charge in [0.05, 0.1) is 6.61 Å². The van der Waals surface area contributed by atoms with Crippen LogP contribution in [0.1, 0.15) is 25.7 Å². The van der Waals surface area contributed by atoms with Crippen molar-refractivity contribution in [3.8, 4) is 0 Å². The lowest BCUT2D eigenvalue weighted by atomic mass is 10.2. The minimum absolute atomic E-state index is 0.0559. The van der Waals surface area contributed by atoms with E-state index in [-0.39, 0.29) is 12.6 Å². The second-order valence-corrected chi connectivity index (χ2v) is 4.92. The standard InChI is InChI=1S/C12H23N3O2/c16-10-9-14(11-3-1-2-4-11)7-8-15-6-5-13-12(15)17/h11,16H,1-10H2,(H,13,17). The van der Waals surface area contributed by atoms with Gasteiger partial charge in [-0.25, -0.2) is 4.79 Å². The minimum atomic E-state index is 0.0559. The van der Waals surface area contributed by atoms with Crippen LogP contribution in [-0.4, -0.2) is 66.3 Å². The summed E-state index contributed by atoms with van der Waals surface area (Å²) in [6.07, 6.45) is 5.09. The van der Waals surface area contributed by atoms with Crippen molar-refractivity contribution >= 4 is 6.03 Å². The Morgan fingerprint density at radius 2 is 2.12 bits per heavy atom. The number of urea groups is 1. The molecule has 2 aliphatic rings. The van der Waals surface area contributed by atoms with Crippen molar-refractivity contribution < 1.29 is 9.90 Å². The summed E-state index contributed by atoms with van der Waals surface area (Å²) >= 11 is 0. The second kappa shape index (κ2) is 6.21. The average Bonchev–Trinajstić information content (AvgIpc) is 2.96. The first-order chi connectivity index (χ1) is 8.31. The predicted octanol–water partition coefficient (Wildman–Crippen LogP) is 0.248. The maximum absolute atomic E-state index is 11.4. The summed E-state index contributed by atoms with van der Waals surface area (Å²) in [5.74, 6) is 0. The molecule has 1 saturated heterocycles. The lowest BCUT2D eigenvalue weighted by Gasteiger charge is -2.29. The van der Waals surface area contributed by atoms with E-state index in [1.54, 1.807) is 0 Å². The Balaban J connectivity index is 1.78. The van der Waals surface area contributed by atoms with Crippen LogP contribution in [0.2, 0.25) is 0 Å². The van der Waals surface area contributed by atoms with Crippen LogP contribution in [0, 0.1) is 0 Å². The fourth-order valence-corrected chi connectivity index (χ4v) is 2.85. The highest BCUT2D eigenvalue weighted by molar-refractivity contribution is 5.76. The molecule has 1 heterocycles. The molecule has 2 amide bonds. The van der Waals surface area contributed by atoms with Crippen molar-refractivity contribution in [3.63, 3.8) is 0 Å². The zero-order valence-corrected chi connectivity index (χ0v) is 10.4. The molecule has 5 heteroatoms. The lowest BCUT2D eigenvalue weighted by Crippen LogP contribution is -2.42. The number of hydrogen-bond acceptors (Lipinski definition) is 3. The van der Waals surface area contributed by atoms with Crippen LogP contribution in [0.5, 0.6) is 0 Å². The molecule has 0 bridgehead atoms. The molecule has 2 N–H and O–H groups in total. The largest absolute Gasteiger partial charge is 0.395 e. The van der Waals surface area contributed by atoms with Gasteiger partial charge in [0.25, 0.3) is 0 Å². The molecule has 1 saturated carbocycles. The van der Waals surface area contributed by atoms with Crippen molar-refractivity contribution in [3.05, 3.63) is 0 Å². The highest BCUT2D eigenvalue weighted by atomic mass is 16.3. The minimum Gasteiger partial charge on any atom is -0.395 e. The van der Waals surface area contributed by atoms with Crippen LogP contribution < -0.4 is 5.32 Å². The topological polar surface area (TPSA) is 55.8 Å². The number of nitrogens with zero attached hydrogens (tertiary/aromatic N) is 2. The summed E-state index contributed by atoms with van der Waals surface area (Å²) in [7, 11) is 0. The van der Waals surface area contributed by atoms with E-state index in [4.69, 9.17) is 5.11 Å². The molecule has 17 heavy (non-hydrogen) atoms. The van der Waals surface area contributed by atoms with Gasteiger partial charge in [0.15, 0.2) is 0 Å². The Bertz CT molecular complexity index is 254. The molecule has 0 radical (unpaired) electrons. The van der Waals surface area contributed by atoms with E-state index in [9.17, 15) is 4.79 Å². The van der Waals surface area contributed by atoms with Gasteiger partial charge in [-0.2, -0.15) is 0 Å². The number of aliphatic hydroxyl groups is 1. The number of aliphatic hydroxyl groups excluding tert-OH is 1. The summed E-state index contributed by atoms with van der Waals surface area (Å²) in [6, 6.07) is 0.674. The van der Waals surface area contributed by atoms with E-state index >= 15 is 0 Å². The Kier molecular flexibility index (Phi) is 4.62. The fraction of sp³-hybridized carbons (Fsp3) is 0.917. The van der Waals surface area contributed by atoms with Crippen molar-refractivity contribution in [2.75, 3.05) is 39.3 Å². The van der Waals surface area contributed by atoms with E-state index in [1.165, 1.54) is 25.7 Å². The van der Waals surface area contributed by atoms with Crippen molar-refractivity contribution in [2.24, 2.45) is 0 Å². The van der Waals surface area contributed by atoms with Gasteiger partial charge in [0.2, 0.25) is 0 Å². The molecule has 98 valence electrons. The first kappa shape index (κ1) is 12.6. The Morgan fingerprint density at radius 3 is 2.71 bits per heavy atom. The maximum Gasteiger partial charge on any atom is 0.317 e. The number of rotatable bonds is 6. The molecule has 0 atom stereocenters. The van der Waals surface area contributed by atoms with Crippen LogP contribution >= 0.6 is 0 Å². The smallest absolute Gasteiger partial charge is 0.317 e. The zero-order valence-electron chi connectivity index (χ0n) is 10.4. The van der Waals surface area contributed by atoms with Gasteiger partial charge in [-0.1, -0.05) is 12.8 Å². The van der Waals surface area contributed by atoms with E-state index in [1.807, 2.05) is 4.90 Å². The average molecular weight is 241 g/mol. The highest BCUT2D eigenvalue weighted by Gasteiger charge is 2.24. The van der Waals surface area contributed by atoms with Crippen molar-refractivity contribution in [1.29, 1.82) is 0 Å². The van der Waals surface area contributed by atoms with Gasteiger partial charge in [-0.15, -0.1) is 0 Å². The van der Waals surface area contributed by atoms with Gasteiger partial charge in [0.1, 0.15) is 0 Å². The molecular formula is C12H23N3O2. The Hall–Kier alpha value is -0.810. The van der Waals surface area contributed by atoms with Crippen LogP contribution in [0.3, 0.4) is 0 Å². The SMILES string of the molecule is O=C1NCCN1CCN(CCO)C1CCCC1. The van der Waals surface area contributed by atoms with Gasteiger partial charge < -0.3 is 15.3 Å². The number of hydrogen-bond donors (Lipinski definition) is 2. The molecule has 5 nitrogen and oxygen atoms in total. The monoisotopic (exact) mass is 241 g/mol. The summed E-state index contributed by atoms with van der Waals surface area (Å²) < 4.78 is 0. The summed E-state index contributed by atoms with van der Waals surface area (Å²) in [5.41, 5.74) is 0. The lowest BCUT2D eigenvalue weighted by molar-refractivity contribution is 0.139. The van der Waals surface area contributed by atoms with Gasteiger partial charge in [-0.3, -0.25) is 4.90 Å². The maximum atomic E-state index is 11.4. The Labute approximate surface area is 103 Å². The van der Waals surface area contributed by atoms with E-state index in [0.29, 0.717) is 6.04 Å². The highest BCUT2D eigenvalue weighted by Crippen LogP contribution is 2.23. The molecule has 0 spiro atoms. The normalized spacial score (nSPS) is 21.5. The van der Waals surface area contributed by atoms with E-state index in [0.717, 1.165) is 32.7 Å². The van der Waals surface area contributed by atoms with E-state index < -0.39 is 0 Å². The molecule has 1 aliphatic heterocycles. The van der Waals surface area contributed by atoms with Crippen LogP contribution in [0.25, 0.3) is 0 Å². The van der Waals surface area contributed by atoms with Crippen molar-refractivity contribution in [1.82, 2.24) is 15.1 Å². The van der Waals surface area contributed by atoms with E-state index in [2.05, 4.69) is 10.2 Å². The van der Waals surface area contributed by atoms with Crippen molar-refractivity contribution in [2.45, 2.75) is 31.7 Å². The zero-order chi connectivity index (χ0) is 12.1. The summed E-state index contributed by atoms with van der Waals surface area (Å²) in [6.45, 7) is 4.20. The third-order valence-corrected chi connectivity index (χ3v) is 3.83.